The van der Waals surface area contributed by atoms with Crippen LogP contribution in [0.2, 0.25) is 0 Å². The van der Waals surface area contributed by atoms with Crippen LogP contribution in [0.3, 0.4) is 0 Å². The van der Waals surface area contributed by atoms with E-state index in [1.807, 2.05) is 0 Å². The third-order valence-corrected chi connectivity index (χ3v) is 6.29. The summed E-state index contributed by atoms with van der Waals surface area (Å²) in [5.41, 5.74) is 1.00. The molecule has 140 valence electrons. The highest BCUT2D eigenvalue weighted by molar-refractivity contribution is 7.89. The van der Waals surface area contributed by atoms with Gasteiger partial charge in [-0.05, 0) is 60.9 Å². The molecule has 0 bridgehead atoms. The van der Waals surface area contributed by atoms with Gasteiger partial charge in [0.2, 0.25) is 10.0 Å². The lowest BCUT2D eigenvalue weighted by Crippen LogP contribution is -2.27. The minimum absolute atomic E-state index is 0.0201. The average molecular weight is 386 g/mol. The Morgan fingerprint density at radius 3 is 2.15 bits per heavy atom. The highest BCUT2D eigenvalue weighted by Crippen LogP contribution is 2.21. The van der Waals surface area contributed by atoms with Crippen LogP contribution >= 0.6 is 0 Å². The lowest BCUT2D eigenvalue weighted by Gasteiger charge is -2.15. The molecule has 8 heteroatoms. The number of hydrogen-bond donors (Lipinski definition) is 0. The number of ketones is 1. The van der Waals surface area contributed by atoms with Gasteiger partial charge in [0.1, 0.15) is 0 Å². The van der Waals surface area contributed by atoms with E-state index in [9.17, 15) is 23.3 Å². The topological polar surface area (TPSA) is 97.6 Å². The van der Waals surface area contributed by atoms with E-state index in [0.29, 0.717) is 24.2 Å². The Kier molecular flexibility index (Phi) is 5.48. The van der Waals surface area contributed by atoms with Gasteiger partial charge in [0.05, 0.1) is 9.82 Å². The first-order valence-electron chi connectivity index (χ1n) is 8.45. The van der Waals surface area contributed by atoms with Crippen molar-refractivity contribution in [3.8, 4) is 0 Å². The molecule has 0 N–H and O–H groups in total. The number of hydrogen-bond acceptors (Lipinski definition) is 5. The predicted octanol–water partition coefficient (Wildman–Crippen LogP) is 3.28. The van der Waals surface area contributed by atoms with E-state index in [2.05, 4.69) is 0 Å². The zero-order valence-electron chi connectivity index (χ0n) is 14.4. The van der Waals surface area contributed by atoms with Crippen LogP contribution in [0.15, 0.2) is 59.5 Å². The second kappa shape index (κ2) is 7.81. The first-order valence-corrected chi connectivity index (χ1v) is 9.89. The van der Waals surface area contributed by atoms with Gasteiger partial charge in [0.15, 0.2) is 5.78 Å². The molecule has 0 aromatic heterocycles. The van der Waals surface area contributed by atoms with Crippen LogP contribution in [0.5, 0.6) is 0 Å². The van der Waals surface area contributed by atoms with Crippen molar-refractivity contribution in [2.45, 2.75) is 17.7 Å². The predicted molar refractivity (Wildman–Crippen MR) is 101 cm³/mol. The maximum Gasteiger partial charge on any atom is 0.269 e. The van der Waals surface area contributed by atoms with Gasteiger partial charge in [-0.15, -0.1) is 0 Å². The van der Waals surface area contributed by atoms with E-state index in [-0.39, 0.29) is 16.4 Å². The molecule has 0 amide bonds. The molecule has 0 saturated carbocycles. The molecule has 0 radical (unpaired) electrons. The summed E-state index contributed by atoms with van der Waals surface area (Å²) in [5, 5.41) is 10.6. The van der Waals surface area contributed by atoms with Crippen molar-refractivity contribution in [3.05, 3.63) is 75.8 Å². The molecule has 2 aromatic carbocycles. The van der Waals surface area contributed by atoms with Crippen molar-refractivity contribution < 1.29 is 18.1 Å². The molecule has 3 rings (SSSR count). The van der Waals surface area contributed by atoms with Crippen LogP contribution in [0, 0.1) is 10.1 Å². The fraction of sp³-hybridized carbons (Fsp3) is 0.211. The van der Waals surface area contributed by atoms with Crippen molar-refractivity contribution in [1.82, 2.24) is 4.31 Å². The van der Waals surface area contributed by atoms with Gasteiger partial charge in [-0.3, -0.25) is 14.9 Å². The largest absolute Gasteiger partial charge is 0.289 e. The maximum atomic E-state index is 12.5. The summed E-state index contributed by atoms with van der Waals surface area (Å²) in [5.74, 6) is -0.279. The van der Waals surface area contributed by atoms with Gasteiger partial charge in [-0.1, -0.05) is 6.08 Å². The second-order valence-electron chi connectivity index (χ2n) is 6.18. The van der Waals surface area contributed by atoms with Crippen LogP contribution in [0.1, 0.15) is 28.8 Å². The summed E-state index contributed by atoms with van der Waals surface area (Å²) in [7, 11) is -3.50. The number of sulfonamides is 1. The molecule has 7 nitrogen and oxygen atoms in total. The molecule has 1 saturated heterocycles. The first-order chi connectivity index (χ1) is 12.9. The molecular weight excluding hydrogens is 368 g/mol. The molecule has 1 heterocycles. The molecule has 0 aliphatic carbocycles. The van der Waals surface area contributed by atoms with Crippen molar-refractivity contribution >= 4 is 27.6 Å². The van der Waals surface area contributed by atoms with Crippen LogP contribution in [-0.4, -0.2) is 36.5 Å². The Morgan fingerprint density at radius 1 is 1.00 bits per heavy atom. The van der Waals surface area contributed by atoms with E-state index in [0.717, 1.165) is 12.8 Å². The summed E-state index contributed by atoms with van der Waals surface area (Å²) < 4.78 is 26.4. The van der Waals surface area contributed by atoms with Crippen molar-refractivity contribution in [2.75, 3.05) is 13.1 Å². The molecular formula is C19H18N2O5S. The van der Waals surface area contributed by atoms with Crippen molar-refractivity contribution in [2.24, 2.45) is 0 Å². The first kappa shape index (κ1) is 18.9. The molecule has 27 heavy (non-hydrogen) atoms. The third kappa shape index (κ3) is 4.29. The number of carbonyl (C=O) groups excluding carboxylic acids is 1. The number of allylic oxidation sites excluding steroid dienone is 1. The van der Waals surface area contributed by atoms with Gasteiger partial charge in [0, 0.05) is 30.8 Å². The quantitative estimate of drug-likeness (QED) is 0.328. The Balaban J connectivity index is 1.71. The monoisotopic (exact) mass is 386 g/mol. The number of non-ortho nitro benzene ring substituents is 1. The van der Waals surface area contributed by atoms with Gasteiger partial charge >= 0.3 is 0 Å². The van der Waals surface area contributed by atoms with Crippen LogP contribution in [0.25, 0.3) is 6.08 Å². The third-order valence-electron chi connectivity index (χ3n) is 4.37. The van der Waals surface area contributed by atoms with Crippen molar-refractivity contribution in [3.63, 3.8) is 0 Å². The number of nitro benzene ring substituents is 1. The fourth-order valence-electron chi connectivity index (χ4n) is 2.84. The molecule has 1 fully saturated rings. The second-order valence-corrected chi connectivity index (χ2v) is 8.12. The molecule has 1 aliphatic rings. The summed E-state index contributed by atoms with van der Waals surface area (Å²) >= 11 is 0. The SMILES string of the molecule is O=C(/C=C/c1ccc([N+](=O)[O-])cc1)c1ccc(S(=O)(=O)N2CCCC2)cc1. The number of nitro groups is 1. The van der Waals surface area contributed by atoms with Gasteiger partial charge in [0.25, 0.3) is 5.69 Å². The van der Waals surface area contributed by atoms with E-state index in [1.165, 1.54) is 46.8 Å². The number of benzene rings is 2. The summed E-state index contributed by atoms with van der Waals surface area (Å²) in [4.78, 5) is 22.6. The number of nitrogens with zero attached hydrogens (tertiary/aromatic N) is 2. The minimum Gasteiger partial charge on any atom is -0.289 e. The van der Waals surface area contributed by atoms with Gasteiger partial charge in [-0.25, -0.2) is 8.42 Å². The zero-order chi connectivity index (χ0) is 19.4. The normalized spacial score (nSPS) is 15.3. The molecule has 0 spiro atoms. The molecule has 0 atom stereocenters. The Hall–Kier alpha value is -2.84. The van der Waals surface area contributed by atoms with Crippen LogP contribution < -0.4 is 0 Å². The average Bonchev–Trinajstić information content (AvgIpc) is 3.22. The van der Waals surface area contributed by atoms with E-state index in [4.69, 9.17) is 0 Å². The fourth-order valence-corrected chi connectivity index (χ4v) is 4.36. The summed E-state index contributed by atoms with van der Waals surface area (Å²) in [6.45, 7) is 1.06. The van der Waals surface area contributed by atoms with Gasteiger partial charge < -0.3 is 0 Å². The van der Waals surface area contributed by atoms with E-state index < -0.39 is 14.9 Å². The Morgan fingerprint density at radius 2 is 1.59 bits per heavy atom. The lowest BCUT2D eigenvalue weighted by molar-refractivity contribution is -0.384. The smallest absolute Gasteiger partial charge is 0.269 e. The molecule has 0 unspecified atom stereocenters. The standard InChI is InChI=1S/C19H18N2O5S/c22-19(12-5-15-3-8-17(9-4-15)21(23)24)16-6-10-18(11-7-16)27(25,26)20-13-1-2-14-20/h3-12H,1-2,13-14H2/b12-5+. The van der Waals surface area contributed by atoms with Crippen LogP contribution in [0.4, 0.5) is 5.69 Å². The van der Waals surface area contributed by atoms with Crippen LogP contribution in [-0.2, 0) is 10.0 Å². The maximum absolute atomic E-state index is 12.5. The molecule has 1 aliphatic heterocycles. The Labute approximate surface area is 157 Å². The zero-order valence-corrected chi connectivity index (χ0v) is 15.3. The summed E-state index contributed by atoms with van der Waals surface area (Å²) in [6.07, 6.45) is 4.64. The number of carbonyl (C=O) groups is 1. The number of rotatable bonds is 6. The van der Waals surface area contributed by atoms with Gasteiger partial charge in [-0.2, -0.15) is 4.31 Å². The lowest BCUT2D eigenvalue weighted by atomic mass is 10.1. The highest BCUT2D eigenvalue weighted by atomic mass is 32.2. The highest BCUT2D eigenvalue weighted by Gasteiger charge is 2.27. The minimum atomic E-state index is -3.50. The van der Waals surface area contributed by atoms with Crippen molar-refractivity contribution in [1.29, 1.82) is 0 Å². The Bertz CT molecular complexity index is 974. The van der Waals surface area contributed by atoms with E-state index >= 15 is 0 Å². The molecule has 2 aromatic rings. The van der Waals surface area contributed by atoms with E-state index in [1.54, 1.807) is 18.2 Å². The summed E-state index contributed by atoms with van der Waals surface area (Å²) in [6, 6.07) is 11.7.